The van der Waals surface area contributed by atoms with Crippen molar-refractivity contribution in [2.75, 3.05) is 32.7 Å². The van der Waals surface area contributed by atoms with E-state index in [1.54, 1.807) is 0 Å². The molecule has 0 spiro atoms. The number of piperidine rings is 1. The minimum Gasteiger partial charge on any atom is -0.301 e. The molecule has 2 nitrogen and oxygen atoms in total. The Balaban J connectivity index is 1.81. The average Bonchev–Trinajstić information content (AvgIpc) is 2.64. The Morgan fingerprint density at radius 3 is 2.68 bits per heavy atom. The van der Waals surface area contributed by atoms with E-state index in [9.17, 15) is 0 Å². The number of rotatable bonds is 6. The maximum atomic E-state index is 2.79. The maximum absolute atomic E-state index is 2.79. The van der Waals surface area contributed by atoms with Crippen molar-refractivity contribution in [3.8, 4) is 0 Å². The van der Waals surface area contributed by atoms with Gasteiger partial charge in [0.05, 0.1) is 0 Å². The van der Waals surface area contributed by atoms with Crippen molar-refractivity contribution in [1.82, 2.24) is 9.80 Å². The van der Waals surface area contributed by atoms with E-state index >= 15 is 0 Å². The highest BCUT2D eigenvalue weighted by molar-refractivity contribution is 4.83. The van der Waals surface area contributed by atoms with Gasteiger partial charge in [-0.2, -0.15) is 0 Å². The fourth-order valence-electron chi connectivity index (χ4n) is 3.90. The van der Waals surface area contributed by atoms with Crippen LogP contribution >= 0.6 is 0 Å². The van der Waals surface area contributed by atoms with Gasteiger partial charge in [-0.15, -0.1) is 0 Å². The Bertz CT molecular complexity index is 241. The highest BCUT2D eigenvalue weighted by atomic mass is 15.2. The first kappa shape index (κ1) is 15.3. The highest BCUT2D eigenvalue weighted by Gasteiger charge is 2.27. The van der Waals surface area contributed by atoms with Crippen molar-refractivity contribution in [2.24, 2.45) is 5.92 Å². The van der Waals surface area contributed by atoms with Gasteiger partial charge in [0.25, 0.3) is 0 Å². The van der Waals surface area contributed by atoms with Gasteiger partial charge >= 0.3 is 0 Å². The van der Waals surface area contributed by atoms with E-state index in [0.29, 0.717) is 0 Å². The number of unbranched alkanes of at least 4 members (excludes halogenated alkanes) is 1. The second-order valence-corrected chi connectivity index (χ2v) is 6.72. The summed E-state index contributed by atoms with van der Waals surface area (Å²) in [5.41, 5.74) is 0. The topological polar surface area (TPSA) is 6.48 Å². The molecule has 2 unspecified atom stereocenters. The second-order valence-electron chi connectivity index (χ2n) is 6.72. The van der Waals surface area contributed by atoms with Crippen LogP contribution in [0.3, 0.4) is 0 Å². The molecule has 2 aliphatic heterocycles. The van der Waals surface area contributed by atoms with Gasteiger partial charge in [0.2, 0.25) is 0 Å². The molecule has 2 heteroatoms. The third-order valence-corrected chi connectivity index (χ3v) is 5.20. The molecule has 0 aromatic heterocycles. The summed E-state index contributed by atoms with van der Waals surface area (Å²) in [7, 11) is 0. The molecule has 0 amide bonds. The zero-order valence-electron chi connectivity index (χ0n) is 13.2. The molecule has 0 aliphatic carbocycles. The van der Waals surface area contributed by atoms with Crippen LogP contribution in [0.1, 0.15) is 65.2 Å². The van der Waals surface area contributed by atoms with Crippen LogP contribution in [0.15, 0.2) is 0 Å². The molecular weight excluding hydrogens is 232 g/mol. The van der Waals surface area contributed by atoms with Crippen molar-refractivity contribution < 1.29 is 0 Å². The fourth-order valence-corrected chi connectivity index (χ4v) is 3.90. The van der Waals surface area contributed by atoms with Crippen LogP contribution in [0, 0.1) is 5.92 Å². The third-order valence-electron chi connectivity index (χ3n) is 5.20. The molecule has 2 rings (SSSR count). The Labute approximate surface area is 120 Å². The quantitative estimate of drug-likeness (QED) is 0.722. The van der Waals surface area contributed by atoms with Gasteiger partial charge in [-0.25, -0.2) is 0 Å². The third kappa shape index (κ3) is 4.75. The summed E-state index contributed by atoms with van der Waals surface area (Å²) in [5.74, 6) is 0.940. The van der Waals surface area contributed by atoms with Crippen LogP contribution in [-0.4, -0.2) is 48.6 Å². The molecule has 112 valence electrons. The maximum Gasteiger partial charge on any atom is 0.0223 e. The van der Waals surface area contributed by atoms with E-state index < -0.39 is 0 Å². The predicted molar refractivity (Wildman–Crippen MR) is 83.6 cm³/mol. The average molecular weight is 266 g/mol. The molecule has 2 aliphatic rings. The Hall–Kier alpha value is -0.0800. The van der Waals surface area contributed by atoms with Crippen LogP contribution in [0.25, 0.3) is 0 Å². The molecule has 0 radical (unpaired) electrons. The van der Waals surface area contributed by atoms with Crippen molar-refractivity contribution >= 4 is 0 Å². The summed E-state index contributed by atoms with van der Waals surface area (Å²) in [6.45, 7) is 11.5. The zero-order valence-corrected chi connectivity index (χ0v) is 13.2. The van der Waals surface area contributed by atoms with Gasteiger partial charge in [0.15, 0.2) is 0 Å². The molecule has 2 atom stereocenters. The van der Waals surface area contributed by atoms with Crippen molar-refractivity contribution in [3.05, 3.63) is 0 Å². The lowest BCUT2D eigenvalue weighted by molar-refractivity contribution is 0.129. The van der Waals surface area contributed by atoms with Crippen LogP contribution < -0.4 is 0 Å². The second kappa shape index (κ2) is 8.26. The molecule has 0 saturated carbocycles. The zero-order chi connectivity index (χ0) is 13.5. The van der Waals surface area contributed by atoms with Gasteiger partial charge in [-0.05, 0) is 51.2 Å². The summed E-state index contributed by atoms with van der Waals surface area (Å²) in [6, 6.07) is 0.875. The van der Waals surface area contributed by atoms with Crippen molar-refractivity contribution in [2.45, 2.75) is 71.3 Å². The molecular formula is C17H34N2. The minimum atomic E-state index is 0.875. The fraction of sp³-hybridized carbons (Fsp3) is 1.00. The molecule has 0 N–H and O–H groups in total. The summed E-state index contributed by atoms with van der Waals surface area (Å²) in [5, 5.41) is 0. The first-order chi connectivity index (χ1) is 9.33. The first-order valence-electron chi connectivity index (χ1n) is 8.79. The number of hydrogen-bond donors (Lipinski definition) is 0. The smallest absolute Gasteiger partial charge is 0.0223 e. The van der Waals surface area contributed by atoms with Crippen LogP contribution in [-0.2, 0) is 0 Å². The summed E-state index contributed by atoms with van der Waals surface area (Å²) in [6.07, 6.45) is 11.3. The van der Waals surface area contributed by atoms with E-state index in [2.05, 4.69) is 23.6 Å². The lowest BCUT2D eigenvalue weighted by atomic mass is 9.98. The summed E-state index contributed by atoms with van der Waals surface area (Å²) in [4.78, 5) is 5.57. The van der Waals surface area contributed by atoms with Gasteiger partial charge < -0.3 is 4.90 Å². The largest absolute Gasteiger partial charge is 0.301 e. The summed E-state index contributed by atoms with van der Waals surface area (Å²) < 4.78 is 0. The number of nitrogens with zero attached hydrogens (tertiary/aromatic N) is 2. The Morgan fingerprint density at radius 2 is 1.89 bits per heavy atom. The normalized spacial score (nSPS) is 27.8. The van der Waals surface area contributed by atoms with Gasteiger partial charge in [-0.1, -0.05) is 39.5 Å². The van der Waals surface area contributed by atoms with Crippen LogP contribution in [0.4, 0.5) is 0 Å². The van der Waals surface area contributed by atoms with Crippen LogP contribution in [0.5, 0.6) is 0 Å². The standard InChI is InChI=1S/C17H34N2/c1-3-5-9-16(4-2)14-18-11-8-13-19-12-7-6-10-17(19)15-18/h16-17H,3-15H2,1-2H3. The molecule has 2 heterocycles. The lowest BCUT2D eigenvalue weighted by Gasteiger charge is -2.36. The monoisotopic (exact) mass is 266 g/mol. The number of hydrogen-bond acceptors (Lipinski definition) is 2. The SMILES string of the molecule is CCCCC(CC)CN1CCCN2CCCCC2C1. The van der Waals surface area contributed by atoms with E-state index in [0.717, 1.165) is 12.0 Å². The van der Waals surface area contributed by atoms with E-state index in [1.807, 2.05) is 0 Å². The Kier molecular flexibility index (Phi) is 6.66. The molecule has 19 heavy (non-hydrogen) atoms. The molecule has 0 aromatic rings. The number of fused-ring (bicyclic) bond motifs is 1. The minimum absolute atomic E-state index is 0.875. The van der Waals surface area contributed by atoms with Crippen LogP contribution in [0.2, 0.25) is 0 Å². The molecule has 0 aromatic carbocycles. The van der Waals surface area contributed by atoms with E-state index in [4.69, 9.17) is 0 Å². The van der Waals surface area contributed by atoms with Gasteiger partial charge in [-0.3, -0.25) is 4.90 Å². The molecule has 2 saturated heterocycles. The van der Waals surface area contributed by atoms with Crippen molar-refractivity contribution in [3.63, 3.8) is 0 Å². The van der Waals surface area contributed by atoms with Crippen molar-refractivity contribution in [1.29, 1.82) is 0 Å². The molecule has 2 fully saturated rings. The summed E-state index contributed by atoms with van der Waals surface area (Å²) >= 11 is 0. The van der Waals surface area contributed by atoms with E-state index in [-0.39, 0.29) is 0 Å². The molecule has 0 bridgehead atoms. The predicted octanol–water partition coefficient (Wildman–Crippen LogP) is 3.76. The van der Waals surface area contributed by atoms with Gasteiger partial charge in [0.1, 0.15) is 0 Å². The first-order valence-corrected chi connectivity index (χ1v) is 8.79. The lowest BCUT2D eigenvalue weighted by Crippen LogP contribution is -2.44. The Morgan fingerprint density at radius 1 is 1.05 bits per heavy atom. The highest BCUT2D eigenvalue weighted by Crippen LogP contribution is 2.22. The van der Waals surface area contributed by atoms with E-state index in [1.165, 1.54) is 84.1 Å². The van der Waals surface area contributed by atoms with Gasteiger partial charge in [0, 0.05) is 19.1 Å².